The van der Waals surface area contributed by atoms with Crippen molar-refractivity contribution in [3.8, 4) is 5.75 Å². The molecule has 2 aromatic heterocycles. The van der Waals surface area contributed by atoms with Crippen LogP contribution in [0.1, 0.15) is 0 Å². The molecule has 6 nitrogen and oxygen atoms in total. The molecule has 3 aromatic rings. The number of methoxy groups -OCH3 is 1. The van der Waals surface area contributed by atoms with E-state index in [1.165, 1.54) is 20.2 Å². The van der Waals surface area contributed by atoms with Crippen molar-refractivity contribution in [2.75, 3.05) is 18.5 Å². The third-order valence-corrected chi connectivity index (χ3v) is 5.34. The first-order chi connectivity index (χ1) is 11.1. The molecule has 2 heterocycles. The highest BCUT2D eigenvalue weighted by molar-refractivity contribution is 7.93. The zero-order chi connectivity index (χ0) is 16.4. The molecule has 0 fully saturated rings. The van der Waals surface area contributed by atoms with E-state index in [-0.39, 0.29) is 4.90 Å². The highest BCUT2D eigenvalue weighted by Gasteiger charge is 2.25. The van der Waals surface area contributed by atoms with Crippen LogP contribution in [0.3, 0.4) is 0 Å². The molecule has 0 unspecified atom stereocenters. The van der Waals surface area contributed by atoms with E-state index in [4.69, 9.17) is 4.74 Å². The summed E-state index contributed by atoms with van der Waals surface area (Å²) in [6, 6.07) is 11.7. The minimum atomic E-state index is -3.77. The molecule has 7 heteroatoms. The largest absolute Gasteiger partial charge is 0.494 e. The van der Waals surface area contributed by atoms with Gasteiger partial charge in [-0.2, -0.15) is 0 Å². The van der Waals surface area contributed by atoms with E-state index in [1.54, 1.807) is 48.8 Å². The number of hydrogen-bond donors (Lipinski definition) is 0. The van der Waals surface area contributed by atoms with Gasteiger partial charge in [0.25, 0.3) is 10.0 Å². The fourth-order valence-corrected chi connectivity index (χ4v) is 3.65. The summed E-state index contributed by atoms with van der Waals surface area (Å²) in [5.41, 5.74) is 0.505. The van der Waals surface area contributed by atoms with Gasteiger partial charge < -0.3 is 4.74 Å². The van der Waals surface area contributed by atoms with Crippen molar-refractivity contribution in [2.45, 2.75) is 4.90 Å². The molecule has 0 spiro atoms. The second-order valence-electron chi connectivity index (χ2n) is 4.83. The van der Waals surface area contributed by atoms with Crippen molar-refractivity contribution in [1.82, 2.24) is 9.97 Å². The molecule has 0 saturated carbocycles. The average Bonchev–Trinajstić information content (AvgIpc) is 2.60. The van der Waals surface area contributed by atoms with E-state index in [2.05, 4.69) is 9.97 Å². The van der Waals surface area contributed by atoms with Gasteiger partial charge in [0.15, 0.2) is 0 Å². The van der Waals surface area contributed by atoms with Gasteiger partial charge in [0.1, 0.15) is 17.1 Å². The van der Waals surface area contributed by atoms with Gasteiger partial charge in [-0.15, -0.1) is 0 Å². The van der Waals surface area contributed by atoms with E-state index >= 15 is 0 Å². The standard InChI is InChI=1S/C16H15N3O3S/c1-19(15-7-3-4-10-17-15)23(20,21)14-9-8-13(22-2)16-12(14)6-5-11-18-16/h3-11H,1-2H3. The van der Waals surface area contributed by atoms with Crippen LogP contribution in [0.25, 0.3) is 10.9 Å². The normalized spacial score (nSPS) is 11.4. The number of fused-ring (bicyclic) bond motifs is 1. The van der Waals surface area contributed by atoms with Gasteiger partial charge in [0, 0.05) is 24.8 Å². The molecule has 0 radical (unpaired) electrons. The molecule has 0 amide bonds. The number of aromatic nitrogens is 2. The quantitative estimate of drug-likeness (QED) is 0.735. The monoisotopic (exact) mass is 329 g/mol. The van der Waals surface area contributed by atoms with Gasteiger partial charge in [-0.3, -0.25) is 9.29 Å². The second kappa shape index (κ2) is 5.85. The van der Waals surface area contributed by atoms with Crippen molar-refractivity contribution in [1.29, 1.82) is 0 Å². The smallest absolute Gasteiger partial charge is 0.265 e. The number of sulfonamides is 1. The highest BCUT2D eigenvalue weighted by atomic mass is 32.2. The van der Waals surface area contributed by atoms with E-state index in [1.807, 2.05) is 0 Å². The number of rotatable bonds is 4. The molecule has 0 aliphatic heterocycles. The Morgan fingerprint density at radius 1 is 1.00 bits per heavy atom. The van der Waals surface area contributed by atoms with Crippen LogP contribution in [0, 0.1) is 0 Å². The maximum atomic E-state index is 13.0. The van der Waals surface area contributed by atoms with Crippen LogP contribution >= 0.6 is 0 Å². The van der Waals surface area contributed by atoms with Gasteiger partial charge in [0.2, 0.25) is 0 Å². The Kier molecular flexibility index (Phi) is 3.87. The molecular formula is C16H15N3O3S. The minimum Gasteiger partial charge on any atom is -0.494 e. The predicted octanol–water partition coefficient (Wildman–Crippen LogP) is 2.46. The molecular weight excluding hydrogens is 314 g/mol. The summed E-state index contributed by atoms with van der Waals surface area (Å²) in [4.78, 5) is 8.49. The molecule has 118 valence electrons. The fourth-order valence-electron chi connectivity index (χ4n) is 2.32. The van der Waals surface area contributed by atoms with Gasteiger partial charge >= 0.3 is 0 Å². The zero-order valence-electron chi connectivity index (χ0n) is 12.7. The number of benzene rings is 1. The summed E-state index contributed by atoms with van der Waals surface area (Å²) in [5, 5.41) is 0.509. The van der Waals surface area contributed by atoms with Crippen LogP contribution in [0.5, 0.6) is 5.75 Å². The second-order valence-corrected chi connectivity index (χ2v) is 6.76. The summed E-state index contributed by atoms with van der Waals surface area (Å²) in [6.07, 6.45) is 3.15. The van der Waals surface area contributed by atoms with Crippen molar-refractivity contribution in [3.05, 3.63) is 54.9 Å². The Hall–Kier alpha value is -2.67. The first-order valence-corrected chi connectivity index (χ1v) is 8.31. The molecule has 23 heavy (non-hydrogen) atoms. The lowest BCUT2D eigenvalue weighted by Gasteiger charge is -2.19. The summed E-state index contributed by atoms with van der Waals surface area (Å²) in [6.45, 7) is 0. The molecule has 3 rings (SSSR count). The number of ether oxygens (including phenoxy) is 1. The van der Waals surface area contributed by atoms with Gasteiger partial charge in [-0.1, -0.05) is 6.07 Å². The molecule has 0 aliphatic carbocycles. The van der Waals surface area contributed by atoms with E-state index in [0.717, 1.165) is 4.31 Å². The topological polar surface area (TPSA) is 72.4 Å². The number of hydrogen-bond acceptors (Lipinski definition) is 5. The maximum Gasteiger partial charge on any atom is 0.265 e. The Morgan fingerprint density at radius 3 is 2.48 bits per heavy atom. The van der Waals surface area contributed by atoms with Crippen molar-refractivity contribution >= 4 is 26.7 Å². The predicted molar refractivity (Wildman–Crippen MR) is 88.1 cm³/mol. The van der Waals surface area contributed by atoms with Crippen LogP contribution in [-0.2, 0) is 10.0 Å². The minimum absolute atomic E-state index is 0.162. The van der Waals surface area contributed by atoms with Crippen LogP contribution in [-0.4, -0.2) is 32.5 Å². The number of anilines is 1. The third kappa shape index (κ3) is 2.59. The molecule has 0 aliphatic rings. The molecule has 0 saturated heterocycles. The lowest BCUT2D eigenvalue weighted by molar-refractivity contribution is 0.418. The van der Waals surface area contributed by atoms with Crippen molar-refractivity contribution < 1.29 is 13.2 Å². The third-order valence-electron chi connectivity index (χ3n) is 3.52. The molecule has 0 atom stereocenters. The maximum absolute atomic E-state index is 13.0. The Bertz CT molecular complexity index is 943. The molecule has 0 bridgehead atoms. The summed E-state index contributed by atoms with van der Waals surface area (Å²) >= 11 is 0. The first-order valence-electron chi connectivity index (χ1n) is 6.87. The average molecular weight is 329 g/mol. The SMILES string of the molecule is COc1ccc(S(=O)(=O)N(C)c2ccccn2)c2cccnc12. The number of pyridine rings is 2. The highest BCUT2D eigenvalue weighted by Crippen LogP contribution is 2.31. The Morgan fingerprint density at radius 2 is 1.78 bits per heavy atom. The summed E-state index contributed by atoms with van der Waals surface area (Å²) < 4.78 is 32.3. The Balaban J connectivity index is 2.20. The molecule has 0 N–H and O–H groups in total. The van der Waals surface area contributed by atoms with Crippen LogP contribution in [0.4, 0.5) is 5.82 Å². The van der Waals surface area contributed by atoms with Crippen LogP contribution in [0.15, 0.2) is 59.8 Å². The van der Waals surface area contributed by atoms with Crippen LogP contribution < -0.4 is 9.04 Å². The van der Waals surface area contributed by atoms with Gasteiger partial charge in [0.05, 0.1) is 12.0 Å². The van der Waals surface area contributed by atoms with E-state index < -0.39 is 10.0 Å². The van der Waals surface area contributed by atoms with Crippen molar-refractivity contribution in [3.63, 3.8) is 0 Å². The first kappa shape index (κ1) is 15.2. The molecule has 1 aromatic carbocycles. The van der Waals surface area contributed by atoms with Gasteiger partial charge in [-0.05, 0) is 36.4 Å². The summed E-state index contributed by atoms with van der Waals surface area (Å²) in [5.74, 6) is 0.875. The van der Waals surface area contributed by atoms with E-state index in [9.17, 15) is 8.42 Å². The van der Waals surface area contributed by atoms with Gasteiger partial charge in [-0.25, -0.2) is 13.4 Å². The van der Waals surface area contributed by atoms with E-state index in [0.29, 0.717) is 22.5 Å². The zero-order valence-corrected chi connectivity index (χ0v) is 13.5. The number of nitrogens with zero attached hydrogens (tertiary/aromatic N) is 3. The lowest BCUT2D eigenvalue weighted by atomic mass is 10.2. The Labute approximate surface area is 134 Å². The van der Waals surface area contributed by atoms with Crippen molar-refractivity contribution in [2.24, 2.45) is 0 Å². The fraction of sp³-hybridized carbons (Fsp3) is 0.125. The summed E-state index contributed by atoms with van der Waals surface area (Å²) in [7, 11) is -0.767. The van der Waals surface area contributed by atoms with Crippen LogP contribution in [0.2, 0.25) is 0 Å². The lowest BCUT2D eigenvalue weighted by Crippen LogP contribution is -2.27.